The van der Waals surface area contributed by atoms with Crippen molar-refractivity contribution in [2.75, 3.05) is 12.3 Å². The van der Waals surface area contributed by atoms with Crippen LogP contribution in [0, 0.1) is 12.7 Å². The van der Waals surface area contributed by atoms with Crippen LogP contribution in [-0.4, -0.2) is 22.4 Å². The fourth-order valence-corrected chi connectivity index (χ4v) is 3.36. The van der Waals surface area contributed by atoms with E-state index in [0.717, 1.165) is 11.4 Å². The van der Waals surface area contributed by atoms with Gasteiger partial charge in [0.25, 0.3) is 5.91 Å². The number of anilines is 1. The first-order valence-corrected chi connectivity index (χ1v) is 8.42. The van der Waals surface area contributed by atoms with E-state index in [1.165, 1.54) is 23.6 Å². The standard InChI is InChI=1S/C17H17FN4OS/c1-3-6-20-17(23)16-15(19)10-4-5-12(18)14(11(10)7-22-16)13-8-21-9(2)24-13/h4-5,7-8H,3,6,19H2,1-2H3,(H,20,23). The Balaban J connectivity index is 2.17. The van der Waals surface area contributed by atoms with Crippen LogP contribution in [0.2, 0.25) is 0 Å². The van der Waals surface area contributed by atoms with Crippen LogP contribution in [0.4, 0.5) is 10.1 Å². The maximum atomic E-state index is 14.4. The highest BCUT2D eigenvalue weighted by Gasteiger charge is 2.18. The number of hydrogen-bond donors (Lipinski definition) is 2. The first-order valence-electron chi connectivity index (χ1n) is 7.60. The minimum absolute atomic E-state index is 0.161. The molecule has 0 saturated carbocycles. The first-order chi connectivity index (χ1) is 11.5. The summed E-state index contributed by atoms with van der Waals surface area (Å²) in [5, 5.41) is 4.78. The van der Waals surface area contributed by atoms with E-state index >= 15 is 0 Å². The molecule has 1 amide bonds. The maximum Gasteiger partial charge on any atom is 0.272 e. The van der Waals surface area contributed by atoms with Gasteiger partial charge in [-0.05, 0) is 25.5 Å². The lowest BCUT2D eigenvalue weighted by Crippen LogP contribution is -2.26. The molecule has 0 aliphatic carbocycles. The first kappa shape index (κ1) is 16.3. The van der Waals surface area contributed by atoms with Gasteiger partial charge in [0.2, 0.25) is 0 Å². The highest BCUT2D eigenvalue weighted by atomic mass is 32.1. The number of carbonyl (C=O) groups excluding carboxylic acids is 1. The maximum absolute atomic E-state index is 14.4. The lowest BCUT2D eigenvalue weighted by molar-refractivity contribution is 0.0950. The Morgan fingerprint density at radius 3 is 2.75 bits per heavy atom. The smallest absolute Gasteiger partial charge is 0.272 e. The van der Waals surface area contributed by atoms with E-state index in [4.69, 9.17) is 5.73 Å². The molecule has 0 unspecified atom stereocenters. The number of rotatable bonds is 4. The van der Waals surface area contributed by atoms with Crippen molar-refractivity contribution >= 4 is 33.7 Å². The number of nitrogens with zero attached hydrogens (tertiary/aromatic N) is 2. The number of nitrogens with one attached hydrogen (secondary N) is 1. The molecule has 2 heterocycles. The zero-order chi connectivity index (χ0) is 17.3. The van der Waals surface area contributed by atoms with Crippen LogP contribution >= 0.6 is 11.3 Å². The molecule has 3 rings (SSSR count). The Hall–Kier alpha value is -2.54. The minimum Gasteiger partial charge on any atom is -0.396 e. The molecule has 0 fully saturated rings. The summed E-state index contributed by atoms with van der Waals surface area (Å²) in [6.45, 7) is 4.37. The highest BCUT2D eigenvalue weighted by molar-refractivity contribution is 7.15. The van der Waals surface area contributed by atoms with E-state index in [0.29, 0.717) is 27.8 Å². The van der Waals surface area contributed by atoms with E-state index in [9.17, 15) is 9.18 Å². The van der Waals surface area contributed by atoms with Crippen LogP contribution in [-0.2, 0) is 0 Å². The SMILES string of the molecule is CCCNC(=O)c1ncc2c(-c3cnc(C)s3)c(F)ccc2c1N. The second-order valence-electron chi connectivity index (χ2n) is 5.40. The summed E-state index contributed by atoms with van der Waals surface area (Å²) >= 11 is 1.40. The van der Waals surface area contributed by atoms with Gasteiger partial charge in [-0.2, -0.15) is 0 Å². The van der Waals surface area contributed by atoms with Gasteiger partial charge in [0.15, 0.2) is 5.69 Å². The summed E-state index contributed by atoms with van der Waals surface area (Å²) in [6, 6.07) is 2.94. The summed E-state index contributed by atoms with van der Waals surface area (Å²) in [5.74, 6) is -0.689. The molecule has 0 aliphatic heterocycles. The van der Waals surface area contributed by atoms with Crippen molar-refractivity contribution in [3.63, 3.8) is 0 Å². The number of pyridine rings is 1. The molecule has 0 radical (unpaired) electrons. The number of nitrogens with two attached hydrogens (primary N) is 1. The number of hydrogen-bond acceptors (Lipinski definition) is 5. The molecule has 0 atom stereocenters. The normalized spacial score (nSPS) is 11.0. The van der Waals surface area contributed by atoms with Crippen molar-refractivity contribution in [3.8, 4) is 10.4 Å². The van der Waals surface area contributed by atoms with Crippen molar-refractivity contribution in [3.05, 3.63) is 41.0 Å². The average Bonchev–Trinajstić information content (AvgIpc) is 2.98. The Morgan fingerprint density at radius 1 is 1.29 bits per heavy atom. The summed E-state index contributed by atoms with van der Waals surface area (Å²) in [5.41, 5.74) is 6.96. The van der Waals surface area contributed by atoms with Gasteiger partial charge < -0.3 is 11.1 Å². The lowest BCUT2D eigenvalue weighted by atomic mass is 10.0. The lowest BCUT2D eigenvalue weighted by Gasteiger charge is -2.11. The van der Waals surface area contributed by atoms with Gasteiger partial charge in [-0.1, -0.05) is 6.92 Å². The molecule has 7 heteroatoms. The Bertz CT molecular complexity index is 922. The number of benzene rings is 1. The minimum atomic E-state index is -0.365. The monoisotopic (exact) mass is 344 g/mol. The van der Waals surface area contributed by atoms with Crippen molar-refractivity contribution < 1.29 is 9.18 Å². The zero-order valence-electron chi connectivity index (χ0n) is 13.4. The summed E-state index contributed by atoms with van der Waals surface area (Å²) < 4.78 is 14.4. The number of aryl methyl sites for hydroxylation is 1. The molecule has 5 nitrogen and oxygen atoms in total. The molecule has 0 saturated heterocycles. The zero-order valence-corrected chi connectivity index (χ0v) is 14.2. The van der Waals surface area contributed by atoms with E-state index in [-0.39, 0.29) is 23.1 Å². The van der Waals surface area contributed by atoms with Crippen molar-refractivity contribution in [1.29, 1.82) is 0 Å². The molecule has 2 aromatic heterocycles. The molecule has 24 heavy (non-hydrogen) atoms. The number of nitrogen functional groups attached to an aromatic ring is 1. The second-order valence-corrected chi connectivity index (χ2v) is 6.64. The Kier molecular flexibility index (Phi) is 4.44. The molecule has 0 bridgehead atoms. The van der Waals surface area contributed by atoms with Gasteiger partial charge in [-0.3, -0.25) is 4.79 Å². The van der Waals surface area contributed by atoms with E-state index in [1.54, 1.807) is 12.3 Å². The van der Waals surface area contributed by atoms with E-state index < -0.39 is 0 Å². The topological polar surface area (TPSA) is 80.9 Å². The largest absolute Gasteiger partial charge is 0.396 e. The van der Waals surface area contributed by atoms with Gasteiger partial charge in [0.1, 0.15) is 5.82 Å². The predicted molar refractivity (Wildman–Crippen MR) is 94.6 cm³/mol. The summed E-state index contributed by atoms with van der Waals surface area (Å²) in [6.07, 6.45) is 3.95. The summed E-state index contributed by atoms with van der Waals surface area (Å²) in [7, 11) is 0. The fourth-order valence-electron chi connectivity index (χ4n) is 2.52. The van der Waals surface area contributed by atoms with Crippen LogP contribution in [0.1, 0.15) is 28.8 Å². The van der Waals surface area contributed by atoms with Crippen LogP contribution in [0.15, 0.2) is 24.5 Å². The Morgan fingerprint density at radius 2 is 2.08 bits per heavy atom. The summed E-state index contributed by atoms with van der Waals surface area (Å²) in [4.78, 5) is 21.2. The third-order valence-electron chi connectivity index (χ3n) is 3.68. The third kappa shape index (κ3) is 2.82. The quantitative estimate of drug-likeness (QED) is 0.759. The molecular formula is C17H17FN4OS. The average molecular weight is 344 g/mol. The van der Waals surface area contributed by atoms with Crippen molar-refractivity contribution in [2.24, 2.45) is 0 Å². The van der Waals surface area contributed by atoms with Crippen LogP contribution in [0.3, 0.4) is 0 Å². The number of thiazole rings is 1. The van der Waals surface area contributed by atoms with Gasteiger partial charge in [-0.15, -0.1) is 11.3 Å². The molecule has 1 aromatic carbocycles. The van der Waals surface area contributed by atoms with Crippen molar-refractivity contribution in [2.45, 2.75) is 20.3 Å². The molecule has 0 spiro atoms. The van der Waals surface area contributed by atoms with Crippen LogP contribution in [0.25, 0.3) is 21.2 Å². The number of fused-ring (bicyclic) bond motifs is 1. The third-order valence-corrected chi connectivity index (χ3v) is 4.61. The van der Waals surface area contributed by atoms with Gasteiger partial charge in [0, 0.05) is 35.3 Å². The van der Waals surface area contributed by atoms with Gasteiger partial charge >= 0.3 is 0 Å². The van der Waals surface area contributed by atoms with Crippen LogP contribution < -0.4 is 11.1 Å². The number of carbonyl (C=O) groups is 1. The molecule has 124 valence electrons. The molecule has 3 aromatic rings. The van der Waals surface area contributed by atoms with Crippen LogP contribution in [0.5, 0.6) is 0 Å². The number of aromatic nitrogens is 2. The van der Waals surface area contributed by atoms with E-state index in [1.807, 2.05) is 13.8 Å². The number of halogens is 1. The highest BCUT2D eigenvalue weighted by Crippen LogP contribution is 2.36. The Labute approximate surface area is 142 Å². The second kappa shape index (κ2) is 6.52. The number of amides is 1. The molecule has 3 N–H and O–H groups in total. The van der Waals surface area contributed by atoms with E-state index in [2.05, 4.69) is 15.3 Å². The van der Waals surface area contributed by atoms with Gasteiger partial charge in [-0.25, -0.2) is 14.4 Å². The molecule has 0 aliphatic rings. The fraction of sp³-hybridized carbons (Fsp3) is 0.235. The van der Waals surface area contributed by atoms with Crippen molar-refractivity contribution in [1.82, 2.24) is 15.3 Å². The van der Waals surface area contributed by atoms with Gasteiger partial charge in [0.05, 0.1) is 15.6 Å². The molecular weight excluding hydrogens is 327 g/mol. The predicted octanol–water partition coefficient (Wildman–Crippen LogP) is 3.53.